The molecular formula is C14H17NO. The molecule has 84 valence electrons. The van der Waals surface area contributed by atoms with Crippen LogP contribution in [0.4, 0.5) is 0 Å². The Kier molecular flexibility index (Phi) is 2.63. The second-order valence-corrected chi connectivity index (χ2v) is 5.08. The summed E-state index contributed by atoms with van der Waals surface area (Å²) in [6, 6.07) is 6.25. The molecule has 2 nitrogen and oxygen atoms in total. The SMILES string of the molecule is [C-]#[N+]C1(C)CC(Oc2cc(C)cc(C)c2)C1. The van der Waals surface area contributed by atoms with Gasteiger partial charge in [-0.25, -0.2) is 6.57 Å². The molecule has 0 amide bonds. The van der Waals surface area contributed by atoms with Crippen molar-refractivity contribution in [1.29, 1.82) is 0 Å². The third-order valence-corrected chi connectivity index (χ3v) is 3.10. The minimum atomic E-state index is -0.177. The molecule has 2 rings (SSSR count). The maximum Gasteiger partial charge on any atom is 0.237 e. The van der Waals surface area contributed by atoms with Crippen molar-refractivity contribution in [2.24, 2.45) is 0 Å². The standard InChI is InChI=1S/C14H17NO/c1-10-5-11(2)7-12(6-10)16-13-8-14(3,9-13)15-4/h5-7,13H,8-9H2,1-3H3. The van der Waals surface area contributed by atoms with E-state index in [9.17, 15) is 0 Å². The second-order valence-electron chi connectivity index (χ2n) is 5.08. The van der Waals surface area contributed by atoms with E-state index in [2.05, 4.69) is 36.9 Å². The summed E-state index contributed by atoms with van der Waals surface area (Å²) in [4.78, 5) is 3.62. The minimum Gasteiger partial charge on any atom is -0.490 e. The minimum absolute atomic E-state index is 0.177. The quantitative estimate of drug-likeness (QED) is 0.688. The van der Waals surface area contributed by atoms with Crippen LogP contribution in [0, 0.1) is 20.4 Å². The molecule has 1 aliphatic rings. The summed E-state index contributed by atoms with van der Waals surface area (Å²) in [5, 5.41) is 0. The molecule has 0 unspecified atom stereocenters. The van der Waals surface area contributed by atoms with Crippen LogP contribution in [0.3, 0.4) is 0 Å². The van der Waals surface area contributed by atoms with Gasteiger partial charge in [-0.05, 0) is 37.1 Å². The van der Waals surface area contributed by atoms with Crippen LogP contribution in [0.1, 0.15) is 30.9 Å². The number of hydrogen-bond donors (Lipinski definition) is 0. The van der Waals surface area contributed by atoms with Crippen LogP contribution >= 0.6 is 0 Å². The molecule has 0 spiro atoms. The van der Waals surface area contributed by atoms with Gasteiger partial charge in [0.2, 0.25) is 5.54 Å². The molecule has 0 aromatic heterocycles. The van der Waals surface area contributed by atoms with Gasteiger partial charge in [-0.3, -0.25) is 0 Å². The van der Waals surface area contributed by atoms with E-state index >= 15 is 0 Å². The smallest absolute Gasteiger partial charge is 0.237 e. The van der Waals surface area contributed by atoms with Gasteiger partial charge in [-0.2, -0.15) is 0 Å². The Bertz CT molecular complexity index is 418. The lowest BCUT2D eigenvalue weighted by atomic mass is 9.76. The maximum atomic E-state index is 7.06. The number of rotatable bonds is 2. The Morgan fingerprint density at radius 2 is 1.81 bits per heavy atom. The number of nitrogens with zero attached hydrogens (tertiary/aromatic N) is 1. The molecule has 16 heavy (non-hydrogen) atoms. The molecule has 2 heteroatoms. The zero-order chi connectivity index (χ0) is 11.8. The molecule has 0 aliphatic heterocycles. The molecule has 0 atom stereocenters. The summed E-state index contributed by atoms with van der Waals surface area (Å²) in [5.41, 5.74) is 2.27. The largest absolute Gasteiger partial charge is 0.490 e. The fraction of sp³-hybridized carbons (Fsp3) is 0.500. The number of aryl methyl sites for hydroxylation is 2. The Morgan fingerprint density at radius 1 is 1.25 bits per heavy atom. The third kappa shape index (κ3) is 2.19. The molecule has 0 bridgehead atoms. The van der Waals surface area contributed by atoms with E-state index in [0.29, 0.717) is 0 Å². The molecule has 1 saturated carbocycles. The highest BCUT2D eigenvalue weighted by Gasteiger charge is 2.48. The first-order valence-electron chi connectivity index (χ1n) is 5.64. The average molecular weight is 215 g/mol. The number of ether oxygens (including phenoxy) is 1. The number of benzene rings is 1. The molecule has 0 radical (unpaired) electrons. The lowest BCUT2D eigenvalue weighted by Gasteiger charge is -2.35. The van der Waals surface area contributed by atoms with Gasteiger partial charge in [0, 0.05) is 6.92 Å². The topological polar surface area (TPSA) is 13.6 Å². The zero-order valence-corrected chi connectivity index (χ0v) is 10.1. The fourth-order valence-corrected chi connectivity index (χ4v) is 2.29. The van der Waals surface area contributed by atoms with E-state index in [0.717, 1.165) is 18.6 Å². The molecule has 0 N–H and O–H groups in total. The highest BCUT2D eigenvalue weighted by molar-refractivity contribution is 5.33. The second kappa shape index (κ2) is 3.83. The Balaban J connectivity index is 1.99. The summed E-state index contributed by atoms with van der Waals surface area (Å²) in [6.07, 6.45) is 1.92. The molecule has 1 fully saturated rings. The summed E-state index contributed by atoms with van der Waals surface area (Å²) in [6.45, 7) is 13.2. The summed E-state index contributed by atoms with van der Waals surface area (Å²) >= 11 is 0. The van der Waals surface area contributed by atoms with Crippen LogP contribution in [0.25, 0.3) is 4.85 Å². The lowest BCUT2D eigenvalue weighted by molar-refractivity contribution is 0.0719. The molecule has 1 aromatic carbocycles. The van der Waals surface area contributed by atoms with Crippen LogP contribution in [0.5, 0.6) is 5.75 Å². The normalized spacial score (nSPS) is 28.0. The van der Waals surface area contributed by atoms with E-state index in [1.54, 1.807) is 0 Å². The monoisotopic (exact) mass is 215 g/mol. The Morgan fingerprint density at radius 3 is 2.31 bits per heavy atom. The van der Waals surface area contributed by atoms with Crippen molar-refractivity contribution in [3.8, 4) is 5.75 Å². The van der Waals surface area contributed by atoms with E-state index in [1.165, 1.54) is 11.1 Å². The molecule has 0 heterocycles. The van der Waals surface area contributed by atoms with E-state index in [-0.39, 0.29) is 11.6 Å². The van der Waals surface area contributed by atoms with Gasteiger partial charge in [0.05, 0.1) is 12.8 Å². The third-order valence-electron chi connectivity index (χ3n) is 3.10. The average Bonchev–Trinajstić information content (AvgIpc) is 2.13. The van der Waals surface area contributed by atoms with Crippen LogP contribution < -0.4 is 4.74 Å². The predicted octanol–water partition coefficient (Wildman–Crippen LogP) is 3.52. The Labute approximate surface area is 97.1 Å². The van der Waals surface area contributed by atoms with Gasteiger partial charge >= 0.3 is 0 Å². The van der Waals surface area contributed by atoms with Gasteiger partial charge in [0.1, 0.15) is 11.9 Å². The first kappa shape index (κ1) is 11.0. The van der Waals surface area contributed by atoms with Crippen LogP contribution in [-0.4, -0.2) is 11.6 Å². The van der Waals surface area contributed by atoms with Gasteiger partial charge in [0.15, 0.2) is 0 Å². The maximum absolute atomic E-state index is 7.06. The molecular weight excluding hydrogens is 198 g/mol. The van der Waals surface area contributed by atoms with Crippen molar-refractivity contribution < 1.29 is 4.74 Å². The van der Waals surface area contributed by atoms with Crippen molar-refractivity contribution in [2.45, 2.75) is 45.3 Å². The highest BCUT2D eigenvalue weighted by Crippen LogP contribution is 2.38. The molecule has 1 aromatic rings. The van der Waals surface area contributed by atoms with Crippen LogP contribution in [0.2, 0.25) is 0 Å². The van der Waals surface area contributed by atoms with Gasteiger partial charge in [-0.1, -0.05) is 6.07 Å². The van der Waals surface area contributed by atoms with Crippen molar-refractivity contribution in [2.75, 3.05) is 0 Å². The first-order chi connectivity index (χ1) is 7.50. The molecule has 1 aliphatic carbocycles. The summed E-state index contributed by atoms with van der Waals surface area (Å²) in [7, 11) is 0. The van der Waals surface area contributed by atoms with Crippen LogP contribution in [0.15, 0.2) is 18.2 Å². The van der Waals surface area contributed by atoms with Crippen molar-refractivity contribution in [3.63, 3.8) is 0 Å². The van der Waals surface area contributed by atoms with Crippen molar-refractivity contribution in [3.05, 3.63) is 40.7 Å². The van der Waals surface area contributed by atoms with E-state index in [1.807, 2.05) is 6.92 Å². The van der Waals surface area contributed by atoms with E-state index in [4.69, 9.17) is 11.3 Å². The van der Waals surface area contributed by atoms with Crippen molar-refractivity contribution >= 4 is 0 Å². The summed E-state index contributed by atoms with van der Waals surface area (Å²) in [5.74, 6) is 0.939. The van der Waals surface area contributed by atoms with Crippen molar-refractivity contribution in [1.82, 2.24) is 0 Å². The Hall–Kier alpha value is -1.49. The first-order valence-corrected chi connectivity index (χ1v) is 5.64. The van der Waals surface area contributed by atoms with E-state index < -0.39 is 0 Å². The molecule has 0 saturated heterocycles. The van der Waals surface area contributed by atoms with Gasteiger partial charge in [0.25, 0.3) is 0 Å². The van der Waals surface area contributed by atoms with Gasteiger partial charge in [-0.15, -0.1) is 0 Å². The number of hydrogen-bond acceptors (Lipinski definition) is 1. The summed E-state index contributed by atoms with van der Waals surface area (Å²) < 4.78 is 5.87. The predicted molar refractivity (Wildman–Crippen MR) is 64.6 cm³/mol. The van der Waals surface area contributed by atoms with Crippen LogP contribution in [-0.2, 0) is 0 Å². The lowest BCUT2D eigenvalue weighted by Crippen LogP contribution is -2.45. The highest BCUT2D eigenvalue weighted by atomic mass is 16.5. The fourth-order valence-electron chi connectivity index (χ4n) is 2.29. The zero-order valence-electron chi connectivity index (χ0n) is 10.1. The van der Waals surface area contributed by atoms with Gasteiger partial charge < -0.3 is 9.58 Å².